The number of benzene rings is 2. The van der Waals surface area contributed by atoms with E-state index in [4.69, 9.17) is 9.47 Å². The van der Waals surface area contributed by atoms with Crippen molar-refractivity contribution >= 4 is 33.4 Å². The molecule has 1 fully saturated rings. The Morgan fingerprint density at radius 3 is 2.43 bits per heavy atom. The summed E-state index contributed by atoms with van der Waals surface area (Å²) in [5.74, 6) is 0.448. The molecule has 0 unspecified atom stereocenters. The molecule has 146 valence electrons. The fourth-order valence-electron chi connectivity index (χ4n) is 3.27. The van der Waals surface area contributed by atoms with Crippen LogP contribution in [0.5, 0.6) is 11.5 Å². The van der Waals surface area contributed by atoms with E-state index in [-0.39, 0.29) is 6.79 Å². The minimum absolute atomic E-state index is 0.266. The monoisotopic (exact) mass is 445 g/mol. The lowest BCUT2D eigenvalue weighted by molar-refractivity contribution is -0.144. The van der Waals surface area contributed by atoms with Crippen LogP contribution in [-0.2, 0) is 16.1 Å². The maximum absolute atomic E-state index is 12.4. The number of carbonyl (C=O) groups is 2. The molecule has 2 amide bonds. The van der Waals surface area contributed by atoms with E-state index in [2.05, 4.69) is 26.1 Å². The minimum atomic E-state index is -0.605. The SMILES string of the molecule is O=C(Nc1ccc(Br)cc1)C(=O)N1CCN(Cc2ccc3c(c2)OCO3)CC1. The van der Waals surface area contributed by atoms with E-state index in [0.29, 0.717) is 31.9 Å². The van der Waals surface area contributed by atoms with Gasteiger partial charge in [0.05, 0.1) is 0 Å². The van der Waals surface area contributed by atoms with Crippen molar-refractivity contribution in [1.82, 2.24) is 9.80 Å². The summed E-state index contributed by atoms with van der Waals surface area (Å²) in [6, 6.07) is 13.1. The molecule has 2 aliphatic heterocycles. The summed E-state index contributed by atoms with van der Waals surface area (Å²) < 4.78 is 11.7. The lowest BCUT2D eigenvalue weighted by Crippen LogP contribution is -2.51. The van der Waals surface area contributed by atoms with E-state index < -0.39 is 11.8 Å². The number of amides is 2. The third kappa shape index (κ3) is 4.28. The van der Waals surface area contributed by atoms with Gasteiger partial charge in [0.25, 0.3) is 0 Å². The summed E-state index contributed by atoms with van der Waals surface area (Å²) in [5.41, 5.74) is 1.74. The van der Waals surface area contributed by atoms with Gasteiger partial charge in [0.15, 0.2) is 11.5 Å². The highest BCUT2D eigenvalue weighted by atomic mass is 79.9. The van der Waals surface area contributed by atoms with E-state index in [9.17, 15) is 9.59 Å². The smallest absolute Gasteiger partial charge is 0.313 e. The highest BCUT2D eigenvalue weighted by Gasteiger charge is 2.26. The molecule has 1 N–H and O–H groups in total. The van der Waals surface area contributed by atoms with Gasteiger partial charge in [0, 0.05) is 42.9 Å². The number of nitrogens with zero attached hydrogens (tertiary/aromatic N) is 2. The Morgan fingerprint density at radius 2 is 1.68 bits per heavy atom. The maximum Gasteiger partial charge on any atom is 0.313 e. The van der Waals surface area contributed by atoms with Crippen molar-refractivity contribution in [3.05, 3.63) is 52.5 Å². The second kappa shape index (κ2) is 8.20. The molecule has 8 heteroatoms. The van der Waals surface area contributed by atoms with Gasteiger partial charge < -0.3 is 19.7 Å². The van der Waals surface area contributed by atoms with Crippen molar-refractivity contribution in [3.63, 3.8) is 0 Å². The number of carbonyl (C=O) groups excluding carboxylic acids is 2. The first-order valence-corrected chi connectivity index (χ1v) is 9.84. The number of hydrogen-bond donors (Lipinski definition) is 1. The molecule has 4 rings (SSSR count). The summed E-state index contributed by atoms with van der Waals surface area (Å²) in [5, 5.41) is 2.65. The molecule has 0 aliphatic carbocycles. The molecule has 0 atom stereocenters. The number of nitrogens with one attached hydrogen (secondary N) is 1. The number of fused-ring (bicyclic) bond motifs is 1. The number of rotatable bonds is 3. The summed E-state index contributed by atoms with van der Waals surface area (Å²) in [7, 11) is 0. The van der Waals surface area contributed by atoms with E-state index in [1.54, 1.807) is 17.0 Å². The molecule has 2 aliphatic rings. The molecule has 0 radical (unpaired) electrons. The van der Waals surface area contributed by atoms with Gasteiger partial charge in [0.1, 0.15) is 0 Å². The zero-order valence-corrected chi connectivity index (χ0v) is 16.8. The number of ether oxygens (including phenoxy) is 2. The Balaban J connectivity index is 1.28. The van der Waals surface area contributed by atoms with Gasteiger partial charge in [-0.25, -0.2) is 0 Å². The van der Waals surface area contributed by atoms with Crippen LogP contribution in [0.3, 0.4) is 0 Å². The summed E-state index contributed by atoms with van der Waals surface area (Å²) in [4.78, 5) is 28.5. The topological polar surface area (TPSA) is 71.1 Å². The Bertz CT molecular complexity index is 880. The molecule has 0 saturated carbocycles. The Hall–Kier alpha value is -2.58. The van der Waals surface area contributed by atoms with E-state index in [1.807, 2.05) is 30.3 Å². The minimum Gasteiger partial charge on any atom is -0.454 e. The first-order valence-electron chi connectivity index (χ1n) is 9.05. The van der Waals surface area contributed by atoms with Gasteiger partial charge in [-0.3, -0.25) is 14.5 Å². The lowest BCUT2D eigenvalue weighted by Gasteiger charge is -2.34. The normalized spacial score (nSPS) is 16.1. The highest BCUT2D eigenvalue weighted by Crippen LogP contribution is 2.32. The maximum atomic E-state index is 12.4. The zero-order valence-electron chi connectivity index (χ0n) is 15.2. The Labute approximate surface area is 171 Å². The molecule has 1 saturated heterocycles. The fourth-order valence-corrected chi connectivity index (χ4v) is 3.53. The van der Waals surface area contributed by atoms with Gasteiger partial charge >= 0.3 is 11.8 Å². The van der Waals surface area contributed by atoms with Crippen LogP contribution in [0, 0.1) is 0 Å². The Kier molecular flexibility index (Phi) is 5.50. The molecule has 2 heterocycles. The number of anilines is 1. The van der Waals surface area contributed by atoms with Gasteiger partial charge in [-0.1, -0.05) is 22.0 Å². The van der Waals surface area contributed by atoms with Gasteiger partial charge in [-0.05, 0) is 42.0 Å². The molecule has 7 nitrogen and oxygen atoms in total. The van der Waals surface area contributed by atoms with Crippen molar-refractivity contribution in [3.8, 4) is 11.5 Å². The van der Waals surface area contributed by atoms with Crippen molar-refractivity contribution in [1.29, 1.82) is 0 Å². The second-order valence-electron chi connectivity index (χ2n) is 6.72. The largest absolute Gasteiger partial charge is 0.454 e. The standard InChI is InChI=1S/C20H20BrN3O4/c21-15-2-4-16(5-3-15)22-19(25)20(26)24-9-7-23(8-10-24)12-14-1-6-17-18(11-14)28-13-27-17/h1-6,11H,7-10,12-13H2,(H,22,25). The van der Waals surface area contributed by atoms with Crippen LogP contribution in [0.1, 0.15) is 5.56 Å². The molecule has 2 aromatic carbocycles. The Morgan fingerprint density at radius 1 is 0.964 bits per heavy atom. The predicted molar refractivity (Wildman–Crippen MR) is 107 cm³/mol. The van der Waals surface area contributed by atoms with Crippen LogP contribution >= 0.6 is 15.9 Å². The average Bonchev–Trinajstić information content (AvgIpc) is 3.17. The zero-order chi connectivity index (χ0) is 19.5. The van der Waals surface area contributed by atoms with Gasteiger partial charge in [-0.2, -0.15) is 0 Å². The van der Waals surface area contributed by atoms with Crippen LogP contribution in [0.15, 0.2) is 46.9 Å². The van der Waals surface area contributed by atoms with Crippen LogP contribution in [0.4, 0.5) is 5.69 Å². The molecular formula is C20H20BrN3O4. The fraction of sp³-hybridized carbons (Fsp3) is 0.300. The molecule has 28 heavy (non-hydrogen) atoms. The number of hydrogen-bond acceptors (Lipinski definition) is 5. The predicted octanol–water partition coefficient (Wildman–Crippen LogP) is 2.46. The summed E-state index contributed by atoms with van der Waals surface area (Å²) in [6.07, 6.45) is 0. The van der Waals surface area contributed by atoms with Gasteiger partial charge in [0.2, 0.25) is 6.79 Å². The average molecular weight is 446 g/mol. The first-order chi connectivity index (χ1) is 13.6. The molecule has 0 aromatic heterocycles. The third-order valence-electron chi connectivity index (χ3n) is 4.80. The molecule has 2 aromatic rings. The number of halogens is 1. The quantitative estimate of drug-likeness (QED) is 0.734. The molecule has 0 bridgehead atoms. The highest BCUT2D eigenvalue weighted by molar-refractivity contribution is 9.10. The third-order valence-corrected chi connectivity index (χ3v) is 5.33. The van der Waals surface area contributed by atoms with Gasteiger partial charge in [-0.15, -0.1) is 0 Å². The van der Waals surface area contributed by atoms with Crippen molar-refractivity contribution in [2.45, 2.75) is 6.54 Å². The van der Waals surface area contributed by atoms with E-state index in [1.165, 1.54) is 0 Å². The molecular weight excluding hydrogens is 426 g/mol. The lowest BCUT2D eigenvalue weighted by atomic mass is 10.1. The van der Waals surface area contributed by atoms with Crippen molar-refractivity contribution < 1.29 is 19.1 Å². The first kappa shape index (κ1) is 18.8. The van der Waals surface area contributed by atoms with Crippen LogP contribution in [0.2, 0.25) is 0 Å². The van der Waals surface area contributed by atoms with Crippen molar-refractivity contribution in [2.24, 2.45) is 0 Å². The second-order valence-corrected chi connectivity index (χ2v) is 7.63. The van der Waals surface area contributed by atoms with E-state index >= 15 is 0 Å². The van der Waals surface area contributed by atoms with E-state index in [0.717, 1.165) is 28.1 Å². The summed E-state index contributed by atoms with van der Waals surface area (Å²) in [6.45, 7) is 3.51. The number of piperazine rings is 1. The summed E-state index contributed by atoms with van der Waals surface area (Å²) >= 11 is 3.34. The molecule has 0 spiro atoms. The van der Waals surface area contributed by atoms with Crippen LogP contribution in [0.25, 0.3) is 0 Å². The van der Waals surface area contributed by atoms with Crippen molar-refractivity contribution in [2.75, 3.05) is 38.3 Å². The van der Waals surface area contributed by atoms with Crippen LogP contribution < -0.4 is 14.8 Å². The van der Waals surface area contributed by atoms with Crippen LogP contribution in [-0.4, -0.2) is 54.6 Å².